The Morgan fingerprint density at radius 2 is 2.10 bits per heavy atom. The Hall–Kier alpha value is -1.58. The van der Waals surface area contributed by atoms with Gasteiger partial charge >= 0.3 is 0 Å². The smallest absolute Gasteiger partial charge is 0.174 e. The lowest BCUT2D eigenvalue weighted by Crippen LogP contribution is -2.44. The Morgan fingerprint density at radius 1 is 1.50 bits per heavy atom. The average molecular weight is 294 g/mol. The molecule has 1 aromatic rings. The van der Waals surface area contributed by atoms with Crippen molar-refractivity contribution in [2.45, 2.75) is 32.7 Å². The Labute approximate surface area is 124 Å². The maximum atomic E-state index is 11.8. The summed E-state index contributed by atoms with van der Waals surface area (Å²) in [5.74, 6) is -0.0241. The van der Waals surface area contributed by atoms with Crippen LogP contribution < -0.4 is 11.1 Å². The lowest BCUT2D eigenvalue weighted by molar-refractivity contribution is 0.0993. The van der Waals surface area contributed by atoms with Crippen LogP contribution in [0.25, 0.3) is 0 Å². The third-order valence-electron chi connectivity index (χ3n) is 3.52. The van der Waals surface area contributed by atoms with E-state index in [0.717, 1.165) is 0 Å². The molecule has 6 heteroatoms. The molecule has 0 amide bonds. The van der Waals surface area contributed by atoms with E-state index in [1.807, 2.05) is 14.1 Å². The summed E-state index contributed by atoms with van der Waals surface area (Å²) < 4.78 is 0. The van der Waals surface area contributed by atoms with Crippen LogP contribution >= 0.6 is 11.3 Å². The largest absolute Gasteiger partial charge is 0.396 e. The summed E-state index contributed by atoms with van der Waals surface area (Å²) in [6.07, 6.45) is 0.387. The molecule has 1 aromatic heterocycles. The van der Waals surface area contributed by atoms with Gasteiger partial charge in [0.05, 0.1) is 10.6 Å². The first kappa shape index (κ1) is 16.5. The van der Waals surface area contributed by atoms with Gasteiger partial charge in [-0.1, -0.05) is 6.92 Å². The van der Waals surface area contributed by atoms with Crippen molar-refractivity contribution >= 4 is 27.8 Å². The van der Waals surface area contributed by atoms with E-state index in [1.54, 1.807) is 6.92 Å². The monoisotopic (exact) mass is 294 g/mol. The molecule has 110 valence electrons. The number of Topliss-reactive ketones (excluding diaryl/α,β-unsaturated/α-hetero) is 1. The Morgan fingerprint density at radius 3 is 2.55 bits per heavy atom. The van der Waals surface area contributed by atoms with Crippen LogP contribution in [0.15, 0.2) is 0 Å². The Kier molecular flexibility index (Phi) is 5.15. The first-order valence-corrected chi connectivity index (χ1v) is 7.33. The predicted octanol–water partition coefficient (Wildman–Crippen LogP) is 2.55. The van der Waals surface area contributed by atoms with E-state index < -0.39 is 0 Å². The third-order valence-corrected chi connectivity index (χ3v) is 4.73. The number of nitrogens with two attached hydrogens (primary N) is 1. The van der Waals surface area contributed by atoms with Crippen molar-refractivity contribution in [1.29, 1.82) is 5.26 Å². The zero-order chi connectivity index (χ0) is 15.5. The van der Waals surface area contributed by atoms with Crippen molar-refractivity contribution in [3.05, 3.63) is 10.4 Å². The molecule has 0 fully saturated rings. The van der Waals surface area contributed by atoms with Crippen molar-refractivity contribution in [3.8, 4) is 6.07 Å². The first-order chi connectivity index (χ1) is 9.24. The van der Waals surface area contributed by atoms with Crippen LogP contribution in [-0.4, -0.2) is 36.9 Å². The standard InChI is InChI=1S/C14H22N4OS/c1-6-10(19)12-11(16)9(7-15)13(20-12)17-8-14(2,3)18(4)5/h17H,6,8,16H2,1-5H3. The quantitative estimate of drug-likeness (QED) is 0.788. The van der Waals surface area contributed by atoms with Crippen LogP contribution in [0.3, 0.4) is 0 Å². The number of nitrogens with one attached hydrogen (secondary N) is 1. The average Bonchev–Trinajstić information content (AvgIpc) is 2.71. The number of anilines is 2. The zero-order valence-corrected chi connectivity index (χ0v) is 13.5. The molecule has 0 aliphatic carbocycles. The normalized spacial score (nSPS) is 11.4. The molecule has 0 spiro atoms. The van der Waals surface area contributed by atoms with Crippen LogP contribution in [0.2, 0.25) is 0 Å². The van der Waals surface area contributed by atoms with Crippen LogP contribution in [0.5, 0.6) is 0 Å². The number of carbonyl (C=O) groups is 1. The summed E-state index contributed by atoms with van der Waals surface area (Å²) in [7, 11) is 4.00. The number of ketones is 1. The summed E-state index contributed by atoms with van der Waals surface area (Å²) in [5, 5.41) is 13.1. The number of nitriles is 1. The number of thiophene rings is 1. The van der Waals surface area contributed by atoms with E-state index in [-0.39, 0.29) is 11.3 Å². The van der Waals surface area contributed by atoms with Gasteiger partial charge in [-0.3, -0.25) is 4.79 Å². The van der Waals surface area contributed by atoms with Crippen molar-refractivity contribution in [3.63, 3.8) is 0 Å². The maximum Gasteiger partial charge on any atom is 0.174 e. The molecule has 5 nitrogen and oxygen atoms in total. The molecule has 0 saturated heterocycles. The van der Waals surface area contributed by atoms with Gasteiger partial charge in [-0.2, -0.15) is 5.26 Å². The highest BCUT2D eigenvalue weighted by molar-refractivity contribution is 7.19. The van der Waals surface area contributed by atoms with Crippen molar-refractivity contribution in [1.82, 2.24) is 4.90 Å². The van der Waals surface area contributed by atoms with Crippen LogP contribution in [0.1, 0.15) is 42.4 Å². The number of hydrogen-bond donors (Lipinski definition) is 2. The minimum atomic E-state index is -0.0690. The molecule has 0 aliphatic heterocycles. The molecule has 0 saturated carbocycles. The molecule has 0 aliphatic rings. The van der Waals surface area contributed by atoms with Gasteiger partial charge in [0.2, 0.25) is 0 Å². The predicted molar refractivity (Wildman–Crippen MR) is 84.3 cm³/mol. The summed E-state index contributed by atoms with van der Waals surface area (Å²) in [5.41, 5.74) is 6.51. The van der Waals surface area contributed by atoms with Gasteiger partial charge in [-0.25, -0.2) is 0 Å². The van der Waals surface area contributed by atoms with Gasteiger partial charge in [0.1, 0.15) is 16.6 Å². The molecule has 0 atom stereocenters. The fourth-order valence-electron chi connectivity index (χ4n) is 1.50. The SMILES string of the molecule is CCC(=O)c1sc(NCC(C)(C)N(C)C)c(C#N)c1N. The van der Waals surface area contributed by atoms with Gasteiger partial charge in [0, 0.05) is 18.5 Å². The Bertz CT molecular complexity index is 540. The molecule has 0 aromatic carbocycles. The molecular weight excluding hydrogens is 272 g/mol. The van der Waals surface area contributed by atoms with Crippen molar-refractivity contribution in [2.24, 2.45) is 0 Å². The van der Waals surface area contributed by atoms with E-state index in [4.69, 9.17) is 5.73 Å². The zero-order valence-electron chi connectivity index (χ0n) is 12.7. The van der Waals surface area contributed by atoms with Gasteiger partial charge < -0.3 is 16.0 Å². The number of rotatable bonds is 6. The third kappa shape index (κ3) is 3.30. The number of nitrogen functional groups attached to an aromatic ring is 1. The minimum Gasteiger partial charge on any atom is -0.396 e. The molecule has 1 rings (SSSR count). The fraction of sp³-hybridized carbons (Fsp3) is 0.571. The lowest BCUT2D eigenvalue weighted by Gasteiger charge is -2.32. The summed E-state index contributed by atoms with van der Waals surface area (Å²) in [6.45, 7) is 6.65. The van der Waals surface area contributed by atoms with E-state index in [0.29, 0.717) is 34.1 Å². The second-order valence-corrected chi connectivity index (χ2v) is 6.52. The van der Waals surface area contributed by atoms with Crippen molar-refractivity contribution < 1.29 is 4.79 Å². The molecular formula is C14H22N4OS. The summed E-state index contributed by atoms with van der Waals surface area (Å²) in [4.78, 5) is 14.4. The minimum absolute atomic E-state index is 0.0241. The number of carbonyl (C=O) groups excluding carboxylic acids is 1. The topological polar surface area (TPSA) is 82.2 Å². The number of likely N-dealkylation sites (N-methyl/N-ethyl adjacent to an activating group) is 1. The molecule has 20 heavy (non-hydrogen) atoms. The molecule has 0 unspecified atom stereocenters. The second kappa shape index (κ2) is 6.25. The van der Waals surface area contributed by atoms with Crippen LogP contribution in [0.4, 0.5) is 10.7 Å². The maximum absolute atomic E-state index is 11.8. The first-order valence-electron chi connectivity index (χ1n) is 6.51. The highest BCUT2D eigenvalue weighted by atomic mass is 32.1. The van der Waals surface area contributed by atoms with Gasteiger partial charge in [0.25, 0.3) is 0 Å². The van der Waals surface area contributed by atoms with Gasteiger partial charge in [-0.15, -0.1) is 11.3 Å². The van der Waals surface area contributed by atoms with E-state index in [1.165, 1.54) is 11.3 Å². The lowest BCUT2D eigenvalue weighted by atomic mass is 10.0. The number of nitrogens with zero attached hydrogens (tertiary/aromatic N) is 2. The molecule has 3 N–H and O–H groups in total. The van der Waals surface area contributed by atoms with E-state index >= 15 is 0 Å². The van der Waals surface area contributed by atoms with E-state index in [2.05, 4.69) is 30.1 Å². The Balaban J connectivity index is 3.03. The molecule has 1 heterocycles. The molecule has 0 bridgehead atoms. The summed E-state index contributed by atoms with van der Waals surface area (Å²) in [6, 6.07) is 2.09. The highest BCUT2D eigenvalue weighted by Gasteiger charge is 2.24. The summed E-state index contributed by atoms with van der Waals surface area (Å²) >= 11 is 1.27. The number of hydrogen-bond acceptors (Lipinski definition) is 6. The van der Waals surface area contributed by atoms with Crippen LogP contribution in [0, 0.1) is 11.3 Å². The van der Waals surface area contributed by atoms with E-state index in [9.17, 15) is 10.1 Å². The van der Waals surface area contributed by atoms with Crippen molar-refractivity contribution in [2.75, 3.05) is 31.7 Å². The van der Waals surface area contributed by atoms with Crippen LogP contribution in [-0.2, 0) is 0 Å². The highest BCUT2D eigenvalue weighted by Crippen LogP contribution is 2.36. The molecule has 0 radical (unpaired) electrons. The fourth-order valence-corrected chi connectivity index (χ4v) is 2.58. The van der Waals surface area contributed by atoms with Gasteiger partial charge in [0.15, 0.2) is 5.78 Å². The van der Waals surface area contributed by atoms with Gasteiger partial charge in [-0.05, 0) is 27.9 Å². The second-order valence-electron chi connectivity index (χ2n) is 5.50.